The lowest BCUT2D eigenvalue weighted by atomic mass is 9.98. The van der Waals surface area contributed by atoms with Crippen LogP contribution in [0.1, 0.15) is 21.5 Å². The van der Waals surface area contributed by atoms with Crippen LogP contribution in [0.25, 0.3) is 6.08 Å². The molecule has 0 aromatic heterocycles. The van der Waals surface area contributed by atoms with Crippen LogP contribution in [0.5, 0.6) is 0 Å². The molecule has 0 aliphatic heterocycles. The number of carbonyl (C=O) groups is 2. The number of carboxylic acids is 1. The molecule has 0 fully saturated rings. The zero-order valence-corrected chi connectivity index (χ0v) is 11.8. The van der Waals surface area contributed by atoms with Gasteiger partial charge in [0.15, 0.2) is 11.9 Å². The van der Waals surface area contributed by atoms with Gasteiger partial charge in [-0.1, -0.05) is 60.7 Å². The Hall–Kier alpha value is -2.72. The molecule has 1 atom stereocenters. The van der Waals surface area contributed by atoms with Crippen LogP contribution in [-0.4, -0.2) is 28.1 Å². The highest BCUT2D eigenvalue weighted by molar-refractivity contribution is 6.07. The van der Waals surface area contributed by atoms with Crippen molar-refractivity contribution in [3.05, 3.63) is 77.4 Å². The lowest BCUT2D eigenvalue weighted by molar-refractivity contribution is -0.146. The molecule has 2 aromatic rings. The molecule has 0 bridgehead atoms. The molecule has 2 rings (SSSR count). The molecule has 0 saturated heterocycles. The first-order valence-corrected chi connectivity index (χ1v) is 6.84. The van der Waals surface area contributed by atoms with E-state index in [1.165, 1.54) is 6.08 Å². The van der Waals surface area contributed by atoms with Crippen LogP contribution in [-0.2, 0) is 11.2 Å². The standard InChI is InChI=1S/C18H16O4/c19-16(11-10-13-6-2-1-3-7-13)15-9-5-4-8-14(15)12-17(20)18(21)22/h1-11,17,20H,12H2,(H,21,22)/b11-10+. The quantitative estimate of drug-likeness (QED) is 0.634. The summed E-state index contributed by atoms with van der Waals surface area (Å²) in [7, 11) is 0. The van der Waals surface area contributed by atoms with E-state index in [-0.39, 0.29) is 12.2 Å². The fourth-order valence-electron chi connectivity index (χ4n) is 2.06. The Kier molecular flexibility index (Phi) is 5.22. The van der Waals surface area contributed by atoms with Crippen LogP contribution in [0.4, 0.5) is 0 Å². The number of carboxylic acid groups (broad SMARTS) is 1. The predicted octanol–water partition coefficient (Wildman–Crippen LogP) is 2.57. The van der Waals surface area contributed by atoms with Gasteiger partial charge in [0.25, 0.3) is 0 Å². The average Bonchev–Trinajstić information content (AvgIpc) is 2.54. The van der Waals surface area contributed by atoms with Crippen molar-refractivity contribution in [2.24, 2.45) is 0 Å². The first-order valence-electron chi connectivity index (χ1n) is 6.84. The third-order valence-electron chi connectivity index (χ3n) is 3.21. The Morgan fingerprint density at radius 3 is 2.32 bits per heavy atom. The molecule has 0 spiro atoms. The van der Waals surface area contributed by atoms with Gasteiger partial charge in [-0.05, 0) is 17.2 Å². The number of aliphatic carboxylic acids is 1. The summed E-state index contributed by atoms with van der Waals surface area (Å²) in [6.45, 7) is 0. The largest absolute Gasteiger partial charge is 0.479 e. The van der Waals surface area contributed by atoms with E-state index in [1.807, 2.05) is 30.3 Å². The maximum absolute atomic E-state index is 12.3. The van der Waals surface area contributed by atoms with E-state index in [0.29, 0.717) is 11.1 Å². The number of aliphatic hydroxyl groups is 1. The molecule has 22 heavy (non-hydrogen) atoms. The van der Waals surface area contributed by atoms with Crippen LogP contribution >= 0.6 is 0 Å². The van der Waals surface area contributed by atoms with Crippen molar-refractivity contribution in [3.8, 4) is 0 Å². The normalized spacial score (nSPS) is 12.2. The van der Waals surface area contributed by atoms with E-state index >= 15 is 0 Å². The minimum atomic E-state index is -1.52. The van der Waals surface area contributed by atoms with Crippen LogP contribution in [0.3, 0.4) is 0 Å². The molecule has 0 radical (unpaired) electrons. The Bertz CT molecular complexity index is 689. The fourth-order valence-corrected chi connectivity index (χ4v) is 2.06. The summed E-state index contributed by atoms with van der Waals surface area (Å²) in [5, 5.41) is 18.2. The highest BCUT2D eigenvalue weighted by Crippen LogP contribution is 2.14. The summed E-state index contributed by atoms with van der Waals surface area (Å²) in [5.74, 6) is -1.53. The molecular formula is C18H16O4. The Labute approximate surface area is 128 Å². The molecule has 1 unspecified atom stereocenters. The van der Waals surface area contributed by atoms with Crippen molar-refractivity contribution in [2.45, 2.75) is 12.5 Å². The molecule has 112 valence electrons. The molecule has 4 heteroatoms. The van der Waals surface area contributed by atoms with Crippen molar-refractivity contribution in [1.29, 1.82) is 0 Å². The van der Waals surface area contributed by atoms with Gasteiger partial charge in [-0.3, -0.25) is 4.79 Å². The van der Waals surface area contributed by atoms with Gasteiger partial charge < -0.3 is 10.2 Å². The van der Waals surface area contributed by atoms with Crippen LogP contribution in [0, 0.1) is 0 Å². The zero-order valence-electron chi connectivity index (χ0n) is 11.8. The van der Waals surface area contributed by atoms with E-state index in [2.05, 4.69) is 0 Å². The molecule has 0 heterocycles. The highest BCUT2D eigenvalue weighted by Gasteiger charge is 2.17. The van der Waals surface area contributed by atoms with Gasteiger partial charge in [0.2, 0.25) is 0 Å². The van der Waals surface area contributed by atoms with Gasteiger partial charge in [-0.25, -0.2) is 4.79 Å². The summed E-state index contributed by atoms with van der Waals surface area (Å²) < 4.78 is 0. The number of allylic oxidation sites excluding steroid dienone is 1. The van der Waals surface area contributed by atoms with Crippen molar-refractivity contribution in [3.63, 3.8) is 0 Å². The summed E-state index contributed by atoms with van der Waals surface area (Å²) in [6, 6.07) is 16.1. The monoisotopic (exact) mass is 296 g/mol. The first kappa shape index (κ1) is 15.7. The van der Waals surface area contributed by atoms with E-state index in [9.17, 15) is 14.7 Å². The van der Waals surface area contributed by atoms with E-state index in [0.717, 1.165) is 5.56 Å². The minimum Gasteiger partial charge on any atom is -0.479 e. The molecule has 2 aromatic carbocycles. The maximum atomic E-state index is 12.3. The van der Waals surface area contributed by atoms with Crippen LogP contribution < -0.4 is 0 Å². The fraction of sp³-hybridized carbons (Fsp3) is 0.111. The predicted molar refractivity (Wildman–Crippen MR) is 83.6 cm³/mol. The minimum absolute atomic E-state index is 0.101. The van der Waals surface area contributed by atoms with Crippen LogP contribution in [0.15, 0.2) is 60.7 Å². The summed E-state index contributed by atoms with van der Waals surface area (Å²) >= 11 is 0. The van der Waals surface area contributed by atoms with Crippen LogP contribution in [0.2, 0.25) is 0 Å². The number of hydrogen-bond donors (Lipinski definition) is 2. The Balaban J connectivity index is 2.19. The van der Waals surface area contributed by atoms with Gasteiger partial charge >= 0.3 is 5.97 Å². The Morgan fingerprint density at radius 1 is 1.00 bits per heavy atom. The summed E-state index contributed by atoms with van der Waals surface area (Å²) in [5.41, 5.74) is 1.81. The first-order chi connectivity index (χ1) is 10.6. The molecule has 0 amide bonds. The number of rotatable bonds is 6. The third-order valence-corrected chi connectivity index (χ3v) is 3.21. The number of hydrogen-bond acceptors (Lipinski definition) is 3. The van der Waals surface area contributed by atoms with Gasteiger partial charge in [0.1, 0.15) is 0 Å². The SMILES string of the molecule is O=C(/C=C/c1ccccc1)c1ccccc1CC(O)C(=O)O. The van der Waals surface area contributed by atoms with E-state index < -0.39 is 12.1 Å². The number of ketones is 1. The zero-order chi connectivity index (χ0) is 15.9. The maximum Gasteiger partial charge on any atom is 0.332 e. The molecule has 0 aliphatic rings. The van der Waals surface area contributed by atoms with Gasteiger partial charge in [-0.15, -0.1) is 0 Å². The summed E-state index contributed by atoms with van der Waals surface area (Å²) in [6.07, 6.45) is 1.52. The van der Waals surface area contributed by atoms with Crippen molar-refractivity contribution < 1.29 is 19.8 Å². The molecule has 4 nitrogen and oxygen atoms in total. The van der Waals surface area contributed by atoms with E-state index in [1.54, 1.807) is 30.3 Å². The van der Waals surface area contributed by atoms with Gasteiger partial charge in [0.05, 0.1) is 0 Å². The number of aliphatic hydroxyl groups excluding tert-OH is 1. The van der Waals surface area contributed by atoms with E-state index in [4.69, 9.17) is 5.11 Å². The topological polar surface area (TPSA) is 74.6 Å². The lowest BCUT2D eigenvalue weighted by Crippen LogP contribution is -2.23. The second-order valence-corrected chi connectivity index (χ2v) is 4.82. The average molecular weight is 296 g/mol. The van der Waals surface area contributed by atoms with Crippen molar-refractivity contribution >= 4 is 17.8 Å². The molecule has 0 saturated carbocycles. The van der Waals surface area contributed by atoms with Crippen molar-refractivity contribution in [1.82, 2.24) is 0 Å². The molecule has 2 N–H and O–H groups in total. The van der Waals surface area contributed by atoms with Gasteiger partial charge in [-0.2, -0.15) is 0 Å². The molecule has 0 aliphatic carbocycles. The second kappa shape index (κ2) is 7.33. The molecular weight excluding hydrogens is 280 g/mol. The van der Waals surface area contributed by atoms with Gasteiger partial charge in [0, 0.05) is 12.0 Å². The third kappa shape index (κ3) is 4.14. The van der Waals surface area contributed by atoms with Crippen molar-refractivity contribution in [2.75, 3.05) is 0 Å². The highest BCUT2D eigenvalue weighted by atomic mass is 16.4. The Morgan fingerprint density at radius 2 is 1.64 bits per heavy atom. The number of benzene rings is 2. The lowest BCUT2D eigenvalue weighted by Gasteiger charge is -2.09. The summed E-state index contributed by atoms with van der Waals surface area (Å²) in [4.78, 5) is 23.0. The number of carbonyl (C=O) groups excluding carboxylic acids is 1. The smallest absolute Gasteiger partial charge is 0.332 e. The second-order valence-electron chi connectivity index (χ2n) is 4.82.